The van der Waals surface area contributed by atoms with Crippen molar-refractivity contribution in [3.8, 4) is 5.75 Å². The number of anilines is 1. The first-order valence-electron chi connectivity index (χ1n) is 4.34. The summed E-state index contributed by atoms with van der Waals surface area (Å²) in [4.78, 5) is 12.9. The smallest absolute Gasteiger partial charge is 0.243 e. The van der Waals surface area contributed by atoms with E-state index in [9.17, 15) is 4.79 Å². The first kappa shape index (κ1) is 10.5. The van der Waals surface area contributed by atoms with E-state index in [1.165, 1.54) is 17.0 Å². The number of likely N-dealkylation sites (N-methyl/N-ethyl adjacent to an activating group) is 1. The normalized spacial score (nSPS) is 12.2. The molecule has 0 spiro atoms. The van der Waals surface area contributed by atoms with Crippen LogP contribution in [0.2, 0.25) is 0 Å². The van der Waals surface area contributed by atoms with E-state index >= 15 is 0 Å². The topological polar surface area (TPSA) is 66.6 Å². The second-order valence-electron chi connectivity index (χ2n) is 3.20. The number of rotatable bonds is 2. The van der Waals surface area contributed by atoms with Crippen LogP contribution in [-0.4, -0.2) is 24.1 Å². The van der Waals surface area contributed by atoms with E-state index in [0.717, 1.165) is 0 Å². The number of carbonyl (C=O) groups is 1. The molecule has 0 aromatic heterocycles. The van der Waals surface area contributed by atoms with Crippen LogP contribution in [0.5, 0.6) is 5.75 Å². The van der Waals surface area contributed by atoms with Gasteiger partial charge < -0.3 is 15.7 Å². The molecule has 14 heavy (non-hydrogen) atoms. The van der Waals surface area contributed by atoms with Gasteiger partial charge in [0.25, 0.3) is 0 Å². The van der Waals surface area contributed by atoms with E-state index in [1.807, 2.05) is 0 Å². The van der Waals surface area contributed by atoms with Gasteiger partial charge in [-0.3, -0.25) is 4.79 Å². The minimum absolute atomic E-state index is 0.157. The Bertz CT molecular complexity index is 319. The van der Waals surface area contributed by atoms with Crippen molar-refractivity contribution in [1.82, 2.24) is 0 Å². The molecule has 1 rings (SSSR count). The van der Waals surface area contributed by atoms with Gasteiger partial charge in [-0.1, -0.05) is 0 Å². The van der Waals surface area contributed by atoms with Crippen molar-refractivity contribution in [3.05, 3.63) is 24.3 Å². The molecule has 0 heterocycles. The van der Waals surface area contributed by atoms with E-state index in [2.05, 4.69) is 0 Å². The van der Waals surface area contributed by atoms with Crippen molar-refractivity contribution >= 4 is 11.6 Å². The summed E-state index contributed by atoms with van der Waals surface area (Å²) in [5, 5.41) is 9.06. The molecule has 0 fully saturated rings. The molecule has 0 saturated heterocycles. The molecular formula is C10H14N2O2. The highest BCUT2D eigenvalue weighted by Crippen LogP contribution is 2.17. The number of nitrogens with zero attached hydrogens (tertiary/aromatic N) is 1. The summed E-state index contributed by atoms with van der Waals surface area (Å²) in [5.74, 6) is 0.0195. The molecule has 76 valence electrons. The van der Waals surface area contributed by atoms with Gasteiger partial charge in [0.15, 0.2) is 0 Å². The quantitative estimate of drug-likeness (QED) is 0.728. The van der Waals surface area contributed by atoms with Crippen molar-refractivity contribution in [2.45, 2.75) is 13.0 Å². The maximum atomic E-state index is 11.5. The van der Waals surface area contributed by atoms with Gasteiger partial charge in [-0.2, -0.15) is 0 Å². The number of phenols is 1. The summed E-state index contributed by atoms with van der Waals surface area (Å²) in [6, 6.07) is 5.86. The molecule has 0 aliphatic carbocycles. The molecular weight excluding hydrogens is 180 g/mol. The lowest BCUT2D eigenvalue weighted by molar-refractivity contribution is -0.119. The van der Waals surface area contributed by atoms with Crippen molar-refractivity contribution in [2.75, 3.05) is 11.9 Å². The summed E-state index contributed by atoms with van der Waals surface area (Å²) in [7, 11) is 1.65. The zero-order valence-corrected chi connectivity index (χ0v) is 8.27. The highest BCUT2D eigenvalue weighted by atomic mass is 16.3. The number of phenolic OH excluding ortho intramolecular Hbond substituents is 1. The maximum absolute atomic E-state index is 11.5. The van der Waals surface area contributed by atoms with E-state index in [4.69, 9.17) is 10.8 Å². The van der Waals surface area contributed by atoms with Crippen molar-refractivity contribution < 1.29 is 9.90 Å². The van der Waals surface area contributed by atoms with Gasteiger partial charge in [0.2, 0.25) is 5.91 Å². The lowest BCUT2D eigenvalue weighted by atomic mass is 10.2. The molecule has 1 aromatic rings. The molecule has 0 aliphatic heterocycles. The third kappa shape index (κ3) is 2.23. The summed E-state index contributed by atoms with van der Waals surface area (Å²) >= 11 is 0. The van der Waals surface area contributed by atoms with Crippen molar-refractivity contribution in [2.24, 2.45) is 5.73 Å². The predicted molar refractivity (Wildman–Crippen MR) is 55.2 cm³/mol. The fourth-order valence-electron chi connectivity index (χ4n) is 1.11. The molecule has 1 amide bonds. The second-order valence-corrected chi connectivity index (χ2v) is 3.20. The monoisotopic (exact) mass is 194 g/mol. The number of aromatic hydroxyl groups is 1. The van der Waals surface area contributed by atoms with Crippen LogP contribution in [0.4, 0.5) is 5.69 Å². The Morgan fingerprint density at radius 1 is 1.43 bits per heavy atom. The van der Waals surface area contributed by atoms with Crippen LogP contribution in [0.3, 0.4) is 0 Å². The van der Waals surface area contributed by atoms with Crippen LogP contribution in [0.25, 0.3) is 0 Å². The number of nitrogens with two attached hydrogens (primary N) is 1. The third-order valence-electron chi connectivity index (χ3n) is 1.96. The third-order valence-corrected chi connectivity index (χ3v) is 1.96. The van der Waals surface area contributed by atoms with Crippen molar-refractivity contribution in [1.29, 1.82) is 0 Å². The number of benzene rings is 1. The van der Waals surface area contributed by atoms with Crippen LogP contribution in [0, 0.1) is 0 Å². The van der Waals surface area contributed by atoms with Gasteiger partial charge in [-0.15, -0.1) is 0 Å². The van der Waals surface area contributed by atoms with Gasteiger partial charge in [-0.25, -0.2) is 0 Å². The molecule has 3 N–H and O–H groups in total. The maximum Gasteiger partial charge on any atom is 0.243 e. The zero-order chi connectivity index (χ0) is 10.7. The highest BCUT2D eigenvalue weighted by molar-refractivity contribution is 5.96. The molecule has 0 saturated carbocycles. The predicted octanol–water partition coefficient (Wildman–Crippen LogP) is 0.702. The molecule has 4 nitrogen and oxygen atoms in total. The molecule has 1 atom stereocenters. The Morgan fingerprint density at radius 2 is 1.93 bits per heavy atom. The van der Waals surface area contributed by atoms with Crippen LogP contribution in [0.1, 0.15) is 6.92 Å². The van der Waals surface area contributed by atoms with Gasteiger partial charge in [0.1, 0.15) is 5.75 Å². The average molecular weight is 194 g/mol. The average Bonchev–Trinajstić information content (AvgIpc) is 2.16. The first-order chi connectivity index (χ1) is 6.52. The number of amides is 1. The number of hydrogen-bond donors (Lipinski definition) is 2. The SMILES string of the molecule is CC(N)C(=O)N(C)c1ccc(O)cc1. The van der Waals surface area contributed by atoms with E-state index in [1.54, 1.807) is 26.1 Å². The Morgan fingerprint density at radius 3 is 2.36 bits per heavy atom. The van der Waals surface area contributed by atoms with Crippen LogP contribution in [0.15, 0.2) is 24.3 Å². The second kappa shape index (κ2) is 4.11. The van der Waals surface area contributed by atoms with Gasteiger partial charge in [0, 0.05) is 12.7 Å². The largest absolute Gasteiger partial charge is 0.508 e. The zero-order valence-electron chi connectivity index (χ0n) is 8.27. The Labute approximate surface area is 82.9 Å². The number of carbonyl (C=O) groups excluding carboxylic acids is 1. The van der Waals surface area contributed by atoms with E-state index in [0.29, 0.717) is 5.69 Å². The Hall–Kier alpha value is -1.55. The summed E-state index contributed by atoms with van der Waals surface area (Å²) in [6.45, 7) is 1.64. The van der Waals surface area contributed by atoms with E-state index in [-0.39, 0.29) is 11.7 Å². The molecule has 1 unspecified atom stereocenters. The molecule has 0 radical (unpaired) electrons. The fourth-order valence-corrected chi connectivity index (χ4v) is 1.11. The standard InChI is InChI=1S/C10H14N2O2/c1-7(11)10(14)12(2)8-3-5-9(13)6-4-8/h3-7,13H,11H2,1-2H3. The van der Waals surface area contributed by atoms with Crippen LogP contribution in [-0.2, 0) is 4.79 Å². The van der Waals surface area contributed by atoms with Gasteiger partial charge >= 0.3 is 0 Å². The first-order valence-corrected chi connectivity index (χ1v) is 4.34. The van der Waals surface area contributed by atoms with Gasteiger partial charge in [-0.05, 0) is 31.2 Å². The molecule has 0 bridgehead atoms. The summed E-state index contributed by atoms with van der Waals surface area (Å²) < 4.78 is 0. The Kier molecular flexibility index (Phi) is 3.09. The van der Waals surface area contributed by atoms with Crippen LogP contribution >= 0.6 is 0 Å². The molecule has 4 heteroatoms. The Balaban J connectivity index is 2.84. The lowest BCUT2D eigenvalue weighted by Gasteiger charge is -2.19. The lowest BCUT2D eigenvalue weighted by Crippen LogP contribution is -2.39. The van der Waals surface area contributed by atoms with Crippen LogP contribution < -0.4 is 10.6 Å². The summed E-state index contributed by atoms with van der Waals surface area (Å²) in [6.07, 6.45) is 0. The summed E-state index contributed by atoms with van der Waals surface area (Å²) in [5.41, 5.74) is 6.18. The fraction of sp³-hybridized carbons (Fsp3) is 0.300. The highest BCUT2D eigenvalue weighted by Gasteiger charge is 2.14. The van der Waals surface area contributed by atoms with Gasteiger partial charge in [0.05, 0.1) is 6.04 Å². The van der Waals surface area contributed by atoms with E-state index < -0.39 is 6.04 Å². The minimum Gasteiger partial charge on any atom is -0.508 e. The molecule has 1 aromatic carbocycles. The minimum atomic E-state index is -0.520. The molecule has 0 aliphatic rings. The number of hydrogen-bond acceptors (Lipinski definition) is 3. The van der Waals surface area contributed by atoms with Crippen molar-refractivity contribution in [3.63, 3.8) is 0 Å².